The Morgan fingerprint density at radius 2 is 2.08 bits per heavy atom. The molecule has 1 heterocycles. The number of aromatic nitrogens is 2. The molecule has 7 nitrogen and oxygen atoms in total. The first-order valence-electron chi connectivity index (χ1n) is 8.23. The Kier molecular flexibility index (Phi) is 6.41. The van der Waals surface area contributed by atoms with Gasteiger partial charge in [0.25, 0.3) is 5.91 Å². The second-order valence-corrected chi connectivity index (χ2v) is 5.88. The van der Waals surface area contributed by atoms with Crippen molar-refractivity contribution in [3.63, 3.8) is 0 Å². The maximum Gasteiger partial charge on any atom is 0.269 e. The van der Waals surface area contributed by atoms with Gasteiger partial charge in [-0.05, 0) is 24.1 Å². The number of aliphatic hydroxyl groups is 1. The van der Waals surface area contributed by atoms with Crippen LogP contribution >= 0.6 is 0 Å². The van der Waals surface area contributed by atoms with Crippen LogP contribution in [0, 0.1) is 5.92 Å². The molecule has 7 heteroatoms. The highest BCUT2D eigenvalue weighted by atomic mass is 16.5. The molecule has 1 aromatic heterocycles. The van der Waals surface area contributed by atoms with E-state index in [-0.39, 0.29) is 24.5 Å². The van der Waals surface area contributed by atoms with Gasteiger partial charge in [0.15, 0.2) is 0 Å². The smallest absolute Gasteiger partial charge is 0.269 e. The Bertz CT molecular complexity index is 714. The first kappa shape index (κ1) is 18.8. The highest BCUT2D eigenvalue weighted by molar-refractivity contribution is 5.93. The minimum atomic E-state index is -0.300. The van der Waals surface area contributed by atoms with E-state index in [9.17, 15) is 9.90 Å². The van der Waals surface area contributed by atoms with Gasteiger partial charge >= 0.3 is 0 Å². The zero-order valence-corrected chi connectivity index (χ0v) is 15.0. The summed E-state index contributed by atoms with van der Waals surface area (Å²) in [4.78, 5) is 12.4. The van der Waals surface area contributed by atoms with Crippen LogP contribution in [0.25, 0.3) is 11.3 Å². The van der Waals surface area contributed by atoms with Crippen molar-refractivity contribution in [1.82, 2.24) is 15.5 Å². The Balaban J connectivity index is 2.21. The molecule has 2 aromatic rings. The lowest BCUT2D eigenvalue weighted by molar-refractivity contribution is 0.0886. The fraction of sp³-hybridized carbons (Fsp3) is 0.444. The molecule has 0 bridgehead atoms. The van der Waals surface area contributed by atoms with Crippen molar-refractivity contribution in [2.75, 3.05) is 20.8 Å². The molecule has 2 atom stereocenters. The van der Waals surface area contributed by atoms with E-state index in [0.29, 0.717) is 22.9 Å². The summed E-state index contributed by atoms with van der Waals surface area (Å²) in [5.74, 6) is 1.16. The second-order valence-electron chi connectivity index (χ2n) is 5.88. The molecule has 0 saturated heterocycles. The van der Waals surface area contributed by atoms with Crippen molar-refractivity contribution in [2.45, 2.75) is 26.3 Å². The van der Waals surface area contributed by atoms with Gasteiger partial charge in [-0.25, -0.2) is 0 Å². The standard InChI is InChI=1S/C18H25N3O4/c1-5-11(2)16(10-22)19-18(23)15-9-14(20-21-15)13-7-6-12(24-3)8-17(13)25-4/h6-9,11,16,22H,5,10H2,1-4H3,(H,19,23)(H,20,21). The fourth-order valence-electron chi connectivity index (χ4n) is 2.48. The number of nitrogens with one attached hydrogen (secondary N) is 2. The number of hydrogen-bond acceptors (Lipinski definition) is 5. The Labute approximate surface area is 147 Å². The number of methoxy groups -OCH3 is 2. The van der Waals surface area contributed by atoms with E-state index in [1.54, 1.807) is 32.4 Å². The Hall–Kier alpha value is -2.54. The minimum absolute atomic E-state index is 0.103. The number of amides is 1. The van der Waals surface area contributed by atoms with Crippen molar-refractivity contribution in [3.05, 3.63) is 30.0 Å². The molecule has 0 aliphatic carbocycles. The summed E-state index contributed by atoms with van der Waals surface area (Å²) in [7, 11) is 3.15. The van der Waals surface area contributed by atoms with E-state index < -0.39 is 0 Å². The van der Waals surface area contributed by atoms with Crippen LogP contribution in [-0.4, -0.2) is 48.1 Å². The second kappa shape index (κ2) is 8.53. The van der Waals surface area contributed by atoms with E-state index in [1.807, 2.05) is 19.9 Å². The number of rotatable bonds is 8. The monoisotopic (exact) mass is 347 g/mol. The summed E-state index contributed by atoms with van der Waals surface area (Å²) in [6, 6.07) is 6.75. The van der Waals surface area contributed by atoms with Gasteiger partial charge in [0.2, 0.25) is 0 Å². The molecule has 0 saturated carbocycles. The molecule has 1 amide bonds. The van der Waals surface area contributed by atoms with Gasteiger partial charge in [0.1, 0.15) is 17.2 Å². The van der Waals surface area contributed by atoms with Crippen LogP contribution in [0.3, 0.4) is 0 Å². The van der Waals surface area contributed by atoms with Gasteiger partial charge < -0.3 is 19.9 Å². The van der Waals surface area contributed by atoms with E-state index in [2.05, 4.69) is 15.5 Å². The Morgan fingerprint density at radius 3 is 2.68 bits per heavy atom. The molecule has 0 aliphatic heterocycles. The van der Waals surface area contributed by atoms with Crippen LogP contribution in [0.4, 0.5) is 0 Å². The first-order valence-corrected chi connectivity index (χ1v) is 8.23. The number of aliphatic hydroxyl groups excluding tert-OH is 1. The lowest BCUT2D eigenvalue weighted by atomic mass is 10.00. The minimum Gasteiger partial charge on any atom is -0.497 e. The lowest BCUT2D eigenvalue weighted by Gasteiger charge is -2.21. The van der Waals surface area contributed by atoms with Crippen molar-refractivity contribution in [3.8, 4) is 22.8 Å². The van der Waals surface area contributed by atoms with Crippen molar-refractivity contribution in [1.29, 1.82) is 0 Å². The normalized spacial score (nSPS) is 13.2. The third kappa shape index (κ3) is 4.30. The van der Waals surface area contributed by atoms with Crippen molar-refractivity contribution >= 4 is 5.91 Å². The van der Waals surface area contributed by atoms with Crippen LogP contribution in [-0.2, 0) is 0 Å². The number of ether oxygens (including phenoxy) is 2. The maximum atomic E-state index is 12.4. The summed E-state index contributed by atoms with van der Waals surface area (Å²) in [6.07, 6.45) is 0.864. The largest absolute Gasteiger partial charge is 0.497 e. The molecule has 1 aromatic carbocycles. The average molecular weight is 347 g/mol. The summed E-state index contributed by atoms with van der Waals surface area (Å²) in [6.45, 7) is 3.90. The molecule has 2 rings (SSSR count). The van der Waals surface area contributed by atoms with Crippen LogP contribution in [0.5, 0.6) is 11.5 Å². The number of nitrogens with zero attached hydrogens (tertiary/aromatic N) is 1. The maximum absolute atomic E-state index is 12.4. The van der Waals surface area contributed by atoms with Gasteiger partial charge in [-0.15, -0.1) is 0 Å². The van der Waals surface area contributed by atoms with Crippen molar-refractivity contribution in [2.24, 2.45) is 5.92 Å². The molecule has 3 N–H and O–H groups in total. The number of hydrogen-bond donors (Lipinski definition) is 3. The molecule has 2 unspecified atom stereocenters. The third-order valence-electron chi connectivity index (χ3n) is 4.35. The molecule has 0 spiro atoms. The summed E-state index contributed by atoms with van der Waals surface area (Å²) < 4.78 is 10.6. The predicted molar refractivity (Wildman–Crippen MR) is 94.9 cm³/mol. The molecule has 136 valence electrons. The number of benzene rings is 1. The number of aromatic amines is 1. The van der Waals surface area contributed by atoms with E-state index in [0.717, 1.165) is 12.0 Å². The summed E-state index contributed by atoms with van der Waals surface area (Å²) >= 11 is 0. The molecular formula is C18H25N3O4. The zero-order chi connectivity index (χ0) is 18.4. The number of carbonyl (C=O) groups is 1. The lowest BCUT2D eigenvalue weighted by Crippen LogP contribution is -2.42. The van der Waals surface area contributed by atoms with Gasteiger partial charge in [0.05, 0.1) is 32.6 Å². The molecule has 0 radical (unpaired) electrons. The van der Waals surface area contributed by atoms with Gasteiger partial charge in [0, 0.05) is 11.6 Å². The SMILES string of the molecule is CCC(C)C(CO)NC(=O)c1cc(-c2ccc(OC)cc2OC)n[nH]1. The number of H-pyrrole nitrogens is 1. The van der Waals surface area contributed by atoms with Crippen LogP contribution in [0.2, 0.25) is 0 Å². The van der Waals surface area contributed by atoms with Gasteiger partial charge in [-0.2, -0.15) is 5.10 Å². The average Bonchev–Trinajstić information content (AvgIpc) is 3.14. The summed E-state index contributed by atoms with van der Waals surface area (Å²) in [5.41, 5.74) is 1.67. The van der Waals surface area contributed by atoms with Crippen molar-refractivity contribution < 1.29 is 19.4 Å². The van der Waals surface area contributed by atoms with Gasteiger partial charge in [-0.3, -0.25) is 9.89 Å². The summed E-state index contributed by atoms with van der Waals surface area (Å²) in [5, 5.41) is 19.2. The van der Waals surface area contributed by atoms with E-state index in [4.69, 9.17) is 9.47 Å². The highest BCUT2D eigenvalue weighted by Crippen LogP contribution is 2.32. The van der Waals surface area contributed by atoms with Crippen LogP contribution in [0.1, 0.15) is 30.8 Å². The highest BCUT2D eigenvalue weighted by Gasteiger charge is 2.20. The van der Waals surface area contributed by atoms with Crippen LogP contribution in [0.15, 0.2) is 24.3 Å². The predicted octanol–water partition coefficient (Wildman–Crippen LogP) is 2.23. The quantitative estimate of drug-likeness (QED) is 0.680. The van der Waals surface area contributed by atoms with E-state index >= 15 is 0 Å². The van der Waals surface area contributed by atoms with Gasteiger partial charge in [-0.1, -0.05) is 20.3 Å². The topological polar surface area (TPSA) is 96.5 Å². The van der Waals surface area contributed by atoms with E-state index in [1.165, 1.54) is 0 Å². The zero-order valence-electron chi connectivity index (χ0n) is 15.0. The molecule has 0 fully saturated rings. The third-order valence-corrected chi connectivity index (χ3v) is 4.35. The van der Waals surface area contributed by atoms with Crippen LogP contribution < -0.4 is 14.8 Å². The first-order chi connectivity index (χ1) is 12.0. The molecule has 25 heavy (non-hydrogen) atoms. The number of carbonyl (C=O) groups excluding carboxylic acids is 1. The Morgan fingerprint density at radius 1 is 1.32 bits per heavy atom. The molecular weight excluding hydrogens is 322 g/mol. The molecule has 0 aliphatic rings. The fourth-order valence-corrected chi connectivity index (χ4v) is 2.48.